The van der Waals surface area contributed by atoms with E-state index in [2.05, 4.69) is 10.3 Å². The van der Waals surface area contributed by atoms with Gasteiger partial charge in [-0.1, -0.05) is 6.07 Å². The number of hydrogen-bond acceptors (Lipinski definition) is 5. The summed E-state index contributed by atoms with van der Waals surface area (Å²) in [6, 6.07) is 7.91. The van der Waals surface area contributed by atoms with Crippen molar-refractivity contribution in [3.05, 3.63) is 63.6 Å². The highest BCUT2D eigenvalue weighted by Gasteiger charge is 2.20. The summed E-state index contributed by atoms with van der Waals surface area (Å²) >= 11 is 0. The Hall–Kier alpha value is -3.42. The molecule has 0 fully saturated rings. The summed E-state index contributed by atoms with van der Waals surface area (Å²) in [4.78, 5) is 27.7. The van der Waals surface area contributed by atoms with Crippen molar-refractivity contribution < 1.29 is 14.5 Å². The second kappa shape index (κ2) is 6.83. The lowest BCUT2D eigenvalue weighted by Gasteiger charge is -2.09. The number of anilines is 1. The molecule has 0 atom stereocenters. The normalized spacial score (nSPS) is 10.7. The van der Waals surface area contributed by atoms with Crippen LogP contribution in [-0.4, -0.2) is 26.8 Å². The summed E-state index contributed by atoms with van der Waals surface area (Å²) in [5, 5.41) is 13.7. The molecule has 2 heterocycles. The highest BCUT2D eigenvalue weighted by atomic mass is 16.6. The maximum atomic E-state index is 12.8. The van der Waals surface area contributed by atoms with Gasteiger partial charge in [-0.3, -0.25) is 19.3 Å². The topological polar surface area (TPSA) is 98.8 Å². The molecule has 0 spiro atoms. The zero-order valence-corrected chi connectivity index (χ0v) is 14.6. The van der Waals surface area contributed by atoms with Crippen molar-refractivity contribution in [2.24, 2.45) is 0 Å². The van der Waals surface area contributed by atoms with Gasteiger partial charge in [-0.05, 0) is 38.5 Å². The molecule has 2 aromatic heterocycles. The molecular formula is C18H18N4O4. The minimum Gasteiger partial charge on any atom is -0.490 e. The molecule has 0 saturated carbocycles. The molecule has 0 bridgehead atoms. The highest BCUT2D eigenvalue weighted by molar-refractivity contribution is 6.05. The Bertz CT molecular complexity index is 1010. The van der Waals surface area contributed by atoms with Crippen molar-refractivity contribution in [1.29, 1.82) is 0 Å². The van der Waals surface area contributed by atoms with Gasteiger partial charge >= 0.3 is 0 Å². The van der Waals surface area contributed by atoms with Crippen LogP contribution in [0.2, 0.25) is 0 Å². The molecule has 1 amide bonds. The van der Waals surface area contributed by atoms with Gasteiger partial charge in [-0.15, -0.1) is 0 Å². The van der Waals surface area contributed by atoms with Crippen LogP contribution in [-0.2, 0) is 0 Å². The van der Waals surface area contributed by atoms with Gasteiger partial charge in [0.2, 0.25) is 0 Å². The van der Waals surface area contributed by atoms with Crippen LogP contribution in [0.25, 0.3) is 5.65 Å². The van der Waals surface area contributed by atoms with Crippen LogP contribution >= 0.6 is 0 Å². The van der Waals surface area contributed by atoms with Gasteiger partial charge in [-0.2, -0.15) is 0 Å². The van der Waals surface area contributed by atoms with Gasteiger partial charge in [0.25, 0.3) is 11.6 Å². The predicted molar refractivity (Wildman–Crippen MR) is 96.9 cm³/mol. The van der Waals surface area contributed by atoms with Gasteiger partial charge in [0.1, 0.15) is 5.69 Å². The van der Waals surface area contributed by atoms with E-state index in [4.69, 9.17) is 4.74 Å². The van der Waals surface area contributed by atoms with Crippen LogP contribution in [0.3, 0.4) is 0 Å². The molecule has 8 nitrogen and oxygen atoms in total. The van der Waals surface area contributed by atoms with Crippen molar-refractivity contribution in [3.8, 4) is 5.75 Å². The fourth-order valence-electron chi connectivity index (χ4n) is 2.74. The molecule has 134 valence electrons. The number of imidazole rings is 1. The number of fused-ring (bicyclic) bond motifs is 1. The number of amides is 1. The lowest BCUT2D eigenvalue weighted by Crippen LogP contribution is -2.16. The zero-order chi connectivity index (χ0) is 18.8. The second-order valence-electron chi connectivity index (χ2n) is 5.76. The number of aromatic nitrogens is 2. The van der Waals surface area contributed by atoms with E-state index in [1.807, 2.05) is 6.92 Å². The quantitative estimate of drug-likeness (QED) is 0.558. The number of nitro groups is 1. The average molecular weight is 354 g/mol. The van der Waals surface area contributed by atoms with Gasteiger partial charge in [-0.25, -0.2) is 4.98 Å². The molecular weight excluding hydrogens is 336 g/mol. The van der Waals surface area contributed by atoms with Gasteiger partial charge in [0.15, 0.2) is 11.4 Å². The van der Waals surface area contributed by atoms with E-state index >= 15 is 0 Å². The number of ether oxygens (including phenoxy) is 1. The lowest BCUT2D eigenvalue weighted by molar-refractivity contribution is -0.384. The zero-order valence-electron chi connectivity index (χ0n) is 14.6. The number of pyridine rings is 1. The van der Waals surface area contributed by atoms with E-state index in [1.165, 1.54) is 12.1 Å². The Morgan fingerprint density at radius 3 is 2.81 bits per heavy atom. The Kier molecular flexibility index (Phi) is 4.57. The fourth-order valence-corrected chi connectivity index (χ4v) is 2.74. The highest BCUT2D eigenvalue weighted by Crippen LogP contribution is 2.25. The number of carbonyl (C=O) groups excluding carboxylic acids is 1. The Labute approximate surface area is 149 Å². The summed E-state index contributed by atoms with van der Waals surface area (Å²) in [7, 11) is 0. The smallest absolute Gasteiger partial charge is 0.274 e. The van der Waals surface area contributed by atoms with Crippen molar-refractivity contribution in [1.82, 2.24) is 9.38 Å². The molecule has 0 aliphatic carbocycles. The third-order valence-corrected chi connectivity index (χ3v) is 3.98. The largest absolute Gasteiger partial charge is 0.490 e. The van der Waals surface area contributed by atoms with Gasteiger partial charge in [0.05, 0.1) is 22.9 Å². The van der Waals surface area contributed by atoms with Gasteiger partial charge in [0, 0.05) is 18.3 Å². The Balaban J connectivity index is 2.01. The first kappa shape index (κ1) is 17.4. The molecule has 0 aliphatic heterocycles. The Morgan fingerprint density at radius 2 is 2.12 bits per heavy atom. The molecule has 0 radical (unpaired) electrons. The maximum Gasteiger partial charge on any atom is 0.274 e. The minimum atomic E-state index is -0.497. The van der Waals surface area contributed by atoms with Crippen LogP contribution in [0.5, 0.6) is 5.75 Å². The van der Waals surface area contributed by atoms with Crippen LogP contribution in [0.15, 0.2) is 36.5 Å². The number of non-ortho nitro benzene ring substituents is 1. The second-order valence-corrected chi connectivity index (χ2v) is 5.76. The monoisotopic (exact) mass is 354 g/mol. The third-order valence-electron chi connectivity index (χ3n) is 3.98. The van der Waals surface area contributed by atoms with E-state index in [1.54, 1.807) is 42.6 Å². The number of hydrogen-bond donors (Lipinski definition) is 1. The SMILES string of the molecule is CCOc1cccn2c(C(=O)Nc3cc([N+](=O)[O-])ccc3C)c(C)nc12. The van der Waals surface area contributed by atoms with E-state index in [-0.39, 0.29) is 5.69 Å². The molecule has 8 heteroatoms. The number of nitrogens with one attached hydrogen (secondary N) is 1. The van der Waals surface area contributed by atoms with Crippen molar-refractivity contribution in [2.45, 2.75) is 20.8 Å². The molecule has 3 rings (SSSR count). The van der Waals surface area contributed by atoms with E-state index < -0.39 is 10.8 Å². The fraction of sp³-hybridized carbons (Fsp3) is 0.222. The molecule has 0 aliphatic rings. The molecule has 1 N–H and O–H groups in total. The summed E-state index contributed by atoms with van der Waals surface area (Å²) in [5.74, 6) is 0.191. The third kappa shape index (κ3) is 3.08. The molecule has 1 aromatic carbocycles. The molecule has 0 saturated heterocycles. The van der Waals surface area contributed by atoms with Gasteiger partial charge < -0.3 is 10.1 Å². The summed E-state index contributed by atoms with van der Waals surface area (Å²) in [5.41, 5.74) is 2.47. The number of nitro benzene ring substituents is 1. The van der Waals surface area contributed by atoms with Crippen LogP contribution in [0.4, 0.5) is 11.4 Å². The lowest BCUT2D eigenvalue weighted by atomic mass is 10.1. The number of carbonyl (C=O) groups is 1. The van der Waals surface area contributed by atoms with Crippen molar-refractivity contribution in [2.75, 3.05) is 11.9 Å². The first-order chi connectivity index (χ1) is 12.4. The minimum absolute atomic E-state index is 0.0839. The first-order valence-electron chi connectivity index (χ1n) is 8.09. The average Bonchev–Trinajstić information content (AvgIpc) is 2.94. The van der Waals surface area contributed by atoms with Crippen molar-refractivity contribution >= 4 is 22.9 Å². The van der Waals surface area contributed by atoms with Crippen molar-refractivity contribution in [3.63, 3.8) is 0 Å². The molecule has 3 aromatic rings. The standard InChI is InChI=1S/C18H18N4O4/c1-4-26-15-6-5-9-21-16(12(3)19-17(15)21)18(23)20-14-10-13(22(24)25)8-7-11(14)2/h5-10H,4H2,1-3H3,(H,20,23). The Morgan fingerprint density at radius 1 is 1.35 bits per heavy atom. The molecule has 26 heavy (non-hydrogen) atoms. The van der Waals surface area contributed by atoms with E-state index in [0.29, 0.717) is 35.1 Å². The van der Waals surface area contributed by atoms with E-state index in [0.717, 1.165) is 5.56 Å². The summed E-state index contributed by atoms with van der Waals surface area (Å²) in [6.07, 6.45) is 1.73. The first-order valence-corrected chi connectivity index (χ1v) is 8.09. The molecule has 0 unspecified atom stereocenters. The number of aryl methyl sites for hydroxylation is 2. The van der Waals surface area contributed by atoms with Crippen LogP contribution < -0.4 is 10.1 Å². The number of rotatable bonds is 5. The van der Waals surface area contributed by atoms with Crippen LogP contribution in [0.1, 0.15) is 28.7 Å². The predicted octanol–water partition coefficient (Wildman–Crippen LogP) is 3.51. The number of benzene rings is 1. The van der Waals surface area contributed by atoms with E-state index in [9.17, 15) is 14.9 Å². The maximum absolute atomic E-state index is 12.8. The summed E-state index contributed by atoms with van der Waals surface area (Å²) in [6.45, 7) is 5.86. The van der Waals surface area contributed by atoms with Crippen LogP contribution in [0, 0.1) is 24.0 Å². The summed E-state index contributed by atoms with van der Waals surface area (Å²) < 4.78 is 7.21. The number of nitrogens with zero attached hydrogens (tertiary/aromatic N) is 3.